The molecule has 0 saturated heterocycles. The number of hydrogen-bond acceptors (Lipinski definition) is 1. The van der Waals surface area contributed by atoms with Gasteiger partial charge in [0.05, 0.1) is 0 Å². The summed E-state index contributed by atoms with van der Waals surface area (Å²) in [7, 11) is 3.38. The maximum Gasteiger partial charge on any atom is 0.226 e. The molecule has 0 aliphatic heterocycles. The van der Waals surface area contributed by atoms with Gasteiger partial charge in [-0.25, -0.2) is 0 Å². The lowest BCUT2D eigenvalue weighted by Gasteiger charge is -2.04. The number of benzene rings is 1. The number of ether oxygens (including phenoxy) is 1. The van der Waals surface area contributed by atoms with Crippen molar-refractivity contribution in [3.63, 3.8) is 0 Å². The lowest BCUT2D eigenvalue weighted by atomic mass is 10.3. The molecule has 1 rings (SSSR count). The maximum atomic E-state index is 10.6. The molecule has 1 aromatic carbocycles. The van der Waals surface area contributed by atoms with Crippen molar-refractivity contribution in [3.8, 4) is 5.75 Å². The van der Waals surface area contributed by atoms with Gasteiger partial charge < -0.3 is 10.1 Å². The van der Waals surface area contributed by atoms with Gasteiger partial charge in [0.25, 0.3) is 0 Å². The number of anilines is 1. The number of hydrogen-bond donors (Lipinski definition) is 1. The predicted octanol–water partition coefficient (Wildman–Crippen LogP) is 1.68. The van der Waals surface area contributed by atoms with Crippen molar-refractivity contribution in [2.24, 2.45) is 0 Å². The molecule has 2 N–H and O–H groups in total. The summed E-state index contributed by atoms with van der Waals surface area (Å²) in [5, 5.41) is 2.66. The van der Waals surface area contributed by atoms with Crippen LogP contribution in [0, 0.1) is 7.11 Å². The first-order valence-corrected chi connectivity index (χ1v) is 3.57. The van der Waals surface area contributed by atoms with Crippen LogP contribution in [0.25, 0.3) is 0 Å². The Labute approximate surface area is 71.4 Å². The van der Waals surface area contributed by atoms with Gasteiger partial charge in [-0.3, -0.25) is 4.79 Å². The van der Waals surface area contributed by atoms with E-state index in [4.69, 9.17) is 0 Å². The summed E-state index contributed by atoms with van der Waals surface area (Å²) in [6.07, 6.45) is 0. The van der Waals surface area contributed by atoms with Crippen LogP contribution in [0.5, 0.6) is 5.75 Å². The highest BCUT2D eigenvalue weighted by Crippen LogP contribution is 2.15. The van der Waals surface area contributed by atoms with Crippen LogP contribution < -0.4 is 5.32 Å². The van der Waals surface area contributed by atoms with Crippen LogP contribution >= 0.6 is 0 Å². The molecule has 0 bridgehead atoms. The second-order valence-corrected chi connectivity index (χ2v) is 2.39. The van der Waals surface area contributed by atoms with E-state index < -0.39 is 0 Å². The monoisotopic (exact) mass is 165 g/mol. The molecule has 12 heavy (non-hydrogen) atoms. The van der Waals surface area contributed by atoms with Gasteiger partial charge in [-0.1, -0.05) is 0 Å². The highest BCUT2D eigenvalue weighted by molar-refractivity contribution is 5.88. The van der Waals surface area contributed by atoms with Crippen molar-refractivity contribution in [1.29, 1.82) is 0 Å². The minimum absolute atomic E-state index is 0.0747. The van der Waals surface area contributed by atoms with E-state index in [1.54, 1.807) is 24.3 Å². The molecule has 0 aliphatic carbocycles. The van der Waals surface area contributed by atoms with Crippen molar-refractivity contribution in [2.45, 2.75) is 6.92 Å². The van der Waals surface area contributed by atoms with E-state index in [0.29, 0.717) is 0 Å². The van der Waals surface area contributed by atoms with Crippen LogP contribution in [-0.2, 0) is 4.79 Å². The first kappa shape index (κ1) is 8.59. The number of nitrogens with one attached hydrogen (secondary N) is 1. The number of aromatic hydroxyl groups is 1. The maximum absolute atomic E-state index is 10.6. The van der Waals surface area contributed by atoms with Crippen molar-refractivity contribution >= 4 is 11.6 Å². The highest BCUT2D eigenvalue weighted by Gasteiger charge is 1.96. The van der Waals surface area contributed by atoms with Crippen molar-refractivity contribution in [2.75, 3.05) is 5.32 Å². The molecule has 0 heterocycles. The van der Waals surface area contributed by atoms with Crippen LogP contribution in [0.4, 0.5) is 5.69 Å². The summed E-state index contributed by atoms with van der Waals surface area (Å²) in [6, 6.07) is 7.15. The van der Waals surface area contributed by atoms with Gasteiger partial charge >= 0.3 is 0 Å². The SMILES string of the molecule is [CH2-][OH+]c1ccc(NC(C)=O)cc1. The van der Waals surface area contributed by atoms with Crippen LogP contribution in [0.1, 0.15) is 6.92 Å². The molecule has 0 saturated carbocycles. The zero-order valence-corrected chi connectivity index (χ0v) is 6.87. The standard InChI is InChI=1S/C9H11NO2/c1-7(11)10-8-3-5-9(12-2)6-4-8/h3-6,12H,2H2,1H3,(H,10,11). The van der Waals surface area contributed by atoms with Gasteiger partial charge in [0.1, 0.15) is 0 Å². The Morgan fingerprint density at radius 1 is 1.42 bits per heavy atom. The fraction of sp³-hybridized carbons (Fsp3) is 0.111. The zero-order valence-electron chi connectivity index (χ0n) is 6.87. The van der Waals surface area contributed by atoms with Gasteiger partial charge in [0.15, 0.2) is 0 Å². The van der Waals surface area contributed by atoms with Gasteiger partial charge in [-0.15, -0.1) is 0 Å². The van der Waals surface area contributed by atoms with Crippen LogP contribution in [0.15, 0.2) is 24.3 Å². The summed E-state index contributed by atoms with van der Waals surface area (Å²) in [4.78, 5) is 10.6. The first-order chi connectivity index (χ1) is 5.72. The van der Waals surface area contributed by atoms with E-state index in [1.165, 1.54) is 6.92 Å². The van der Waals surface area contributed by atoms with Crippen LogP contribution in [-0.4, -0.2) is 10.6 Å². The van der Waals surface area contributed by atoms with Gasteiger partial charge in [-0.2, -0.15) is 0 Å². The number of aliphatic hydroxyl groups is 1. The Morgan fingerprint density at radius 2 is 2.00 bits per heavy atom. The summed E-state index contributed by atoms with van der Waals surface area (Å²) >= 11 is 0. The second-order valence-electron chi connectivity index (χ2n) is 2.39. The van der Waals surface area contributed by atoms with Crippen molar-refractivity contribution < 1.29 is 9.53 Å². The Kier molecular flexibility index (Phi) is 2.69. The Balaban J connectivity index is 2.71. The normalized spacial score (nSPS) is 9.17. The lowest BCUT2D eigenvalue weighted by Crippen LogP contribution is -2.05. The van der Waals surface area contributed by atoms with E-state index >= 15 is 0 Å². The molecule has 3 heteroatoms. The lowest BCUT2D eigenvalue weighted by molar-refractivity contribution is -0.114. The Bertz CT molecular complexity index is 266. The molecule has 0 aliphatic rings. The average Bonchev–Trinajstić information content (AvgIpc) is 2.05. The minimum atomic E-state index is -0.0747. The molecule has 1 aromatic rings. The molecule has 0 atom stereocenters. The smallest absolute Gasteiger partial charge is 0.226 e. The number of rotatable bonds is 2. The summed E-state index contributed by atoms with van der Waals surface area (Å²) < 4.78 is 3.73. The van der Waals surface area contributed by atoms with Crippen LogP contribution in [0.2, 0.25) is 0 Å². The third kappa shape index (κ3) is 2.27. The molecule has 64 valence electrons. The quantitative estimate of drug-likeness (QED) is 0.404. The van der Waals surface area contributed by atoms with E-state index in [2.05, 4.69) is 17.2 Å². The van der Waals surface area contributed by atoms with Crippen LogP contribution in [0.3, 0.4) is 0 Å². The molecule has 0 radical (unpaired) electrons. The zero-order chi connectivity index (χ0) is 8.97. The predicted molar refractivity (Wildman–Crippen MR) is 47.8 cm³/mol. The molecule has 0 unspecified atom stereocenters. The van der Waals surface area contributed by atoms with E-state index in [-0.39, 0.29) is 5.91 Å². The molecule has 1 amide bonds. The average molecular weight is 165 g/mol. The van der Waals surface area contributed by atoms with Crippen molar-refractivity contribution in [3.05, 3.63) is 31.4 Å². The minimum Gasteiger partial charge on any atom is -0.722 e. The molecule has 0 fully saturated rings. The fourth-order valence-electron chi connectivity index (χ4n) is 0.853. The molecule has 3 nitrogen and oxygen atoms in total. The molecule has 0 aromatic heterocycles. The van der Waals surface area contributed by atoms with E-state index in [9.17, 15) is 4.79 Å². The second kappa shape index (κ2) is 3.76. The summed E-state index contributed by atoms with van der Waals surface area (Å²) in [6.45, 7) is 1.47. The molecule has 0 spiro atoms. The fourth-order valence-corrected chi connectivity index (χ4v) is 0.853. The highest BCUT2D eigenvalue weighted by atomic mass is 16.5. The third-order valence-electron chi connectivity index (χ3n) is 1.37. The van der Waals surface area contributed by atoms with E-state index in [0.717, 1.165) is 11.4 Å². The summed E-state index contributed by atoms with van der Waals surface area (Å²) in [5.41, 5.74) is 0.773. The van der Waals surface area contributed by atoms with Gasteiger partial charge in [0.2, 0.25) is 11.7 Å². The number of carbonyl (C=O) groups excluding carboxylic acids is 1. The van der Waals surface area contributed by atoms with Gasteiger partial charge in [0, 0.05) is 24.7 Å². The largest absolute Gasteiger partial charge is 0.722 e. The molecular weight excluding hydrogens is 154 g/mol. The first-order valence-electron chi connectivity index (χ1n) is 3.57. The van der Waals surface area contributed by atoms with Gasteiger partial charge in [-0.05, 0) is 19.2 Å². The topological polar surface area (TPSA) is 41.9 Å². The number of amides is 1. The Morgan fingerprint density at radius 3 is 2.42 bits per heavy atom. The number of carbonyl (C=O) groups is 1. The molecular formula is C9H11NO2. The summed E-state index contributed by atoms with van der Waals surface area (Å²) in [5.74, 6) is 0.721. The third-order valence-corrected chi connectivity index (χ3v) is 1.37. The van der Waals surface area contributed by atoms with Crippen molar-refractivity contribution in [1.82, 2.24) is 0 Å². The Hall–Kier alpha value is -1.51. The van der Waals surface area contributed by atoms with E-state index in [1.807, 2.05) is 0 Å².